The van der Waals surface area contributed by atoms with Crippen molar-refractivity contribution in [1.82, 2.24) is 10.2 Å². The van der Waals surface area contributed by atoms with Crippen LogP contribution in [-0.2, 0) is 0 Å². The van der Waals surface area contributed by atoms with E-state index in [9.17, 15) is 4.79 Å². The van der Waals surface area contributed by atoms with Gasteiger partial charge in [-0.3, -0.25) is 10.6 Å². The van der Waals surface area contributed by atoms with Gasteiger partial charge in [0.1, 0.15) is 0 Å². The number of hydrazine groups is 1. The molecular weight excluding hydrogens is 252 g/mol. The van der Waals surface area contributed by atoms with Crippen molar-refractivity contribution >= 4 is 11.6 Å². The Hall–Kier alpha value is -1.59. The molecule has 0 aliphatic rings. The predicted octanol–water partition coefficient (Wildman–Crippen LogP) is 1.74. The lowest BCUT2D eigenvalue weighted by atomic mass is 10.1. The molecule has 4 N–H and O–H groups in total. The molecule has 0 aliphatic carbocycles. The van der Waals surface area contributed by atoms with Gasteiger partial charge in [-0.05, 0) is 45.1 Å². The molecule has 0 atom stereocenters. The quantitative estimate of drug-likeness (QED) is 0.385. The van der Waals surface area contributed by atoms with E-state index >= 15 is 0 Å². The van der Waals surface area contributed by atoms with Gasteiger partial charge in [-0.2, -0.15) is 0 Å². The smallest absolute Gasteiger partial charge is 0.253 e. The molecule has 0 aromatic heterocycles. The second kappa shape index (κ2) is 8.55. The molecule has 1 rings (SSSR count). The lowest BCUT2D eigenvalue weighted by molar-refractivity contribution is 0.0952. The van der Waals surface area contributed by atoms with Crippen molar-refractivity contribution in [2.24, 2.45) is 5.84 Å². The monoisotopic (exact) mass is 278 g/mol. The molecule has 20 heavy (non-hydrogen) atoms. The fourth-order valence-electron chi connectivity index (χ4n) is 2.11. The summed E-state index contributed by atoms with van der Waals surface area (Å²) in [4.78, 5) is 14.5. The molecule has 0 spiro atoms. The number of carbonyl (C=O) groups excluding carboxylic acids is 1. The molecule has 0 bridgehead atoms. The van der Waals surface area contributed by atoms with E-state index < -0.39 is 0 Å². The van der Waals surface area contributed by atoms with E-state index in [1.54, 1.807) is 0 Å². The highest BCUT2D eigenvalue weighted by atomic mass is 16.1. The summed E-state index contributed by atoms with van der Waals surface area (Å²) in [6.45, 7) is 10.0. The van der Waals surface area contributed by atoms with E-state index in [0.29, 0.717) is 17.8 Å². The first-order valence-electron chi connectivity index (χ1n) is 7.20. The maximum atomic E-state index is 12.1. The topological polar surface area (TPSA) is 70.4 Å². The van der Waals surface area contributed by atoms with E-state index in [2.05, 4.69) is 29.5 Å². The van der Waals surface area contributed by atoms with Crippen LogP contribution in [0.5, 0.6) is 0 Å². The number of benzene rings is 1. The first kappa shape index (κ1) is 16.5. The van der Waals surface area contributed by atoms with Gasteiger partial charge >= 0.3 is 0 Å². The van der Waals surface area contributed by atoms with Crippen molar-refractivity contribution in [3.05, 3.63) is 29.3 Å². The van der Waals surface area contributed by atoms with Crippen LogP contribution in [-0.4, -0.2) is 37.0 Å². The number of nitrogens with zero attached hydrogens (tertiary/aromatic N) is 1. The summed E-state index contributed by atoms with van der Waals surface area (Å²) in [7, 11) is 0. The molecule has 1 amide bonds. The van der Waals surface area contributed by atoms with Crippen LogP contribution in [0.2, 0.25) is 0 Å². The summed E-state index contributed by atoms with van der Waals surface area (Å²) >= 11 is 0. The molecule has 0 radical (unpaired) electrons. The van der Waals surface area contributed by atoms with E-state index in [0.717, 1.165) is 31.6 Å². The average Bonchev–Trinajstić information content (AvgIpc) is 2.47. The van der Waals surface area contributed by atoms with Crippen molar-refractivity contribution in [3.8, 4) is 0 Å². The third kappa shape index (κ3) is 4.83. The number of hydrogen-bond acceptors (Lipinski definition) is 4. The van der Waals surface area contributed by atoms with Crippen molar-refractivity contribution in [2.45, 2.75) is 27.2 Å². The predicted molar refractivity (Wildman–Crippen MR) is 83.7 cm³/mol. The third-order valence-corrected chi connectivity index (χ3v) is 3.41. The minimum absolute atomic E-state index is 0.0822. The number of nitrogens with two attached hydrogens (primary N) is 1. The second-order valence-electron chi connectivity index (χ2n) is 4.83. The van der Waals surface area contributed by atoms with Crippen LogP contribution in [0, 0.1) is 6.92 Å². The fourth-order valence-corrected chi connectivity index (χ4v) is 2.11. The molecule has 5 heteroatoms. The van der Waals surface area contributed by atoms with Gasteiger partial charge in [0.15, 0.2) is 0 Å². The summed E-state index contributed by atoms with van der Waals surface area (Å²) in [6, 6.07) is 5.58. The molecule has 0 saturated heterocycles. The molecule has 1 aromatic carbocycles. The SMILES string of the molecule is CCN(CC)CCCNC(=O)c1cc(C)ccc1NN. The Morgan fingerprint density at radius 1 is 1.30 bits per heavy atom. The van der Waals surface area contributed by atoms with E-state index in [-0.39, 0.29) is 5.91 Å². The Kier molecular flexibility index (Phi) is 7.04. The van der Waals surface area contributed by atoms with Gasteiger partial charge in [0, 0.05) is 6.54 Å². The summed E-state index contributed by atoms with van der Waals surface area (Å²) in [6.07, 6.45) is 0.949. The van der Waals surface area contributed by atoms with Gasteiger partial charge in [0.05, 0.1) is 11.3 Å². The Bertz CT molecular complexity index is 430. The van der Waals surface area contributed by atoms with Crippen LogP contribution in [0.1, 0.15) is 36.2 Å². The number of carbonyl (C=O) groups is 1. The first-order chi connectivity index (χ1) is 9.62. The van der Waals surface area contributed by atoms with Crippen LogP contribution in [0.15, 0.2) is 18.2 Å². The van der Waals surface area contributed by atoms with Gasteiger partial charge in [-0.15, -0.1) is 0 Å². The van der Waals surface area contributed by atoms with Gasteiger partial charge in [-0.1, -0.05) is 25.5 Å². The zero-order valence-corrected chi connectivity index (χ0v) is 12.7. The van der Waals surface area contributed by atoms with Crippen molar-refractivity contribution < 1.29 is 4.79 Å². The number of nitrogen functional groups attached to an aromatic ring is 1. The minimum atomic E-state index is -0.0822. The average molecular weight is 278 g/mol. The summed E-state index contributed by atoms with van der Waals surface area (Å²) in [5.74, 6) is 5.35. The van der Waals surface area contributed by atoms with Crippen LogP contribution >= 0.6 is 0 Å². The highest BCUT2D eigenvalue weighted by Gasteiger charge is 2.10. The fraction of sp³-hybridized carbons (Fsp3) is 0.533. The Morgan fingerprint density at radius 2 is 2.00 bits per heavy atom. The Morgan fingerprint density at radius 3 is 2.60 bits per heavy atom. The molecule has 0 fully saturated rings. The van der Waals surface area contributed by atoms with Crippen LogP contribution in [0.4, 0.5) is 5.69 Å². The van der Waals surface area contributed by atoms with Crippen LogP contribution in [0.3, 0.4) is 0 Å². The molecule has 0 heterocycles. The number of hydrogen-bond donors (Lipinski definition) is 3. The van der Waals surface area contributed by atoms with E-state index in [1.165, 1.54) is 0 Å². The zero-order valence-electron chi connectivity index (χ0n) is 12.7. The molecule has 1 aromatic rings. The molecule has 0 aliphatic heterocycles. The van der Waals surface area contributed by atoms with Gasteiger partial charge in [-0.25, -0.2) is 0 Å². The highest BCUT2D eigenvalue weighted by molar-refractivity contribution is 5.99. The molecule has 112 valence electrons. The van der Waals surface area contributed by atoms with Crippen LogP contribution in [0.25, 0.3) is 0 Å². The van der Waals surface area contributed by atoms with E-state index in [4.69, 9.17) is 5.84 Å². The largest absolute Gasteiger partial charge is 0.352 e. The number of amides is 1. The minimum Gasteiger partial charge on any atom is -0.352 e. The Balaban J connectivity index is 2.49. The number of aryl methyl sites for hydroxylation is 1. The second-order valence-corrected chi connectivity index (χ2v) is 4.83. The van der Waals surface area contributed by atoms with Crippen molar-refractivity contribution in [1.29, 1.82) is 0 Å². The normalized spacial score (nSPS) is 10.7. The number of nitrogens with one attached hydrogen (secondary N) is 2. The third-order valence-electron chi connectivity index (χ3n) is 3.41. The maximum Gasteiger partial charge on any atom is 0.253 e. The summed E-state index contributed by atoms with van der Waals surface area (Å²) in [5.41, 5.74) is 4.84. The van der Waals surface area contributed by atoms with E-state index in [1.807, 2.05) is 25.1 Å². The molecule has 5 nitrogen and oxygen atoms in total. The van der Waals surface area contributed by atoms with Gasteiger partial charge < -0.3 is 15.6 Å². The Labute approximate surface area is 121 Å². The lowest BCUT2D eigenvalue weighted by Crippen LogP contribution is -2.30. The highest BCUT2D eigenvalue weighted by Crippen LogP contribution is 2.15. The summed E-state index contributed by atoms with van der Waals surface area (Å²) in [5, 5.41) is 2.94. The van der Waals surface area contributed by atoms with Gasteiger partial charge in [0.25, 0.3) is 5.91 Å². The van der Waals surface area contributed by atoms with Gasteiger partial charge in [0.2, 0.25) is 0 Å². The summed E-state index contributed by atoms with van der Waals surface area (Å²) < 4.78 is 0. The number of anilines is 1. The first-order valence-corrected chi connectivity index (χ1v) is 7.20. The zero-order chi connectivity index (χ0) is 15.0. The van der Waals surface area contributed by atoms with Crippen molar-refractivity contribution in [3.63, 3.8) is 0 Å². The molecular formula is C15H26N4O. The molecule has 0 unspecified atom stereocenters. The maximum absolute atomic E-state index is 12.1. The number of rotatable bonds is 8. The lowest BCUT2D eigenvalue weighted by Gasteiger charge is -2.18. The van der Waals surface area contributed by atoms with Crippen LogP contribution < -0.4 is 16.6 Å². The van der Waals surface area contributed by atoms with Crippen molar-refractivity contribution in [2.75, 3.05) is 31.6 Å². The standard InChI is InChI=1S/C15H26N4O/c1-4-19(5-2)10-6-9-17-15(20)13-11-12(3)7-8-14(13)18-16/h7-8,11,18H,4-6,9-10,16H2,1-3H3,(H,17,20). The molecule has 0 saturated carbocycles.